The number of hydrogen-bond donors (Lipinski definition) is 2. The first-order valence-electron chi connectivity index (χ1n) is 6.13. The van der Waals surface area contributed by atoms with Gasteiger partial charge in [-0.1, -0.05) is 12.1 Å². The summed E-state index contributed by atoms with van der Waals surface area (Å²) in [7, 11) is 1.55. The number of hydrogen-bond acceptors (Lipinski definition) is 4. The second-order valence-electron chi connectivity index (χ2n) is 4.16. The van der Waals surface area contributed by atoms with Crippen molar-refractivity contribution in [1.29, 1.82) is 0 Å². The van der Waals surface area contributed by atoms with Crippen molar-refractivity contribution in [2.24, 2.45) is 5.84 Å². The number of nitrogens with one attached hydrogen (secondary N) is 1. The number of hydrazine groups is 1. The molecule has 5 nitrogen and oxygen atoms in total. The molecule has 1 unspecified atom stereocenters. The lowest BCUT2D eigenvalue weighted by Gasteiger charge is -2.20. The number of ether oxygens (including phenoxy) is 1. The summed E-state index contributed by atoms with van der Waals surface area (Å²) in [6, 6.07) is 4.52. The van der Waals surface area contributed by atoms with Gasteiger partial charge in [0, 0.05) is 12.1 Å². The maximum absolute atomic E-state index is 14.3. The third kappa shape index (κ3) is 2.56. The zero-order valence-corrected chi connectivity index (χ0v) is 12.8. The van der Waals surface area contributed by atoms with E-state index >= 15 is 0 Å². The lowest BCUT2D eigenvalue weighted by molar-refractivity contribution is 0.398. The predicted molar refractivity (Wildman–Crippen MR) is 77.7 cm³/mol. The molecule has 0 aliphatic heterocycles. The summed E-state index contributed by atoms with van der Waals surface area (Å²) in [5, 5.41) is 4.21. The van der Waals surface area contributed by atoms with Crippen LogP contribution in [0.3, 0.4) is 0 Å². The average molecular weight is 343 g/mol. The van der Waals surface area contributed by atoms with Gasteiger partial charge in [-0.25, -0.2) is 9.82 Å². The first kappa shape index (κ1) is 15.0. The van der Waals surface area contributed by atoms with Gasteiger partial charge in [0.25, 0.3) is 0 Å². The second-order valence-corrected chi connectivity index (χ2v) is 5.01. The molecule has 0 bridgehead atoms. The van der Waals surface area contributed by atoms with E-state index in [0.29, 0.717) is 28.0 Å². The molecule has 0 amide bonds. The van der Waals surface area contributed by atoms with Gasteiger partial charge in [0.2, 0.25) is 0 Å². The van der Waals surface area contributed by atoms with Gasteiger partial charge >= 0.3 is 0 Å². The summed E-state index contributed by atoms with van der Waals surface area (Å²) in [5.74, 6) is 5.84. The van der Waals surface area contributed by atoms with Crippen LogP contribution in [0.25, 0.3) is 0 Å². The summed E-state index contributed by atoms with van der Waals surface area (Å²) in [6.45, 7) is 2.58. The van der Waals surface area contributed by atoms with Crippen molar-refractivity contribution < 1.29 is 9.13 Å². The third-order valence-electron chi connectivity index (χ3n) is 3.10. The Labute approximate surface area is 125 Å². The number of benzene rings is 1. The molecule has 0 aliphatic carbocycles. The minimum Gasteiger partial charge on any atom is -0.493 e. The smallest absolute Gasteiger partial charge is 0.161 e. The number of aromatic nitrogens is 2. The molecule has 1 aromatic carbocycles. The van der Waals surface area contributed by atoms with E-state index in [1.807, 2.05) is 6.92 Å². The van der Waals surface area contributed by atoms with Crippen molar-refractivity contribution in [1.82, 2.24) is 15.2 Å². The molecule has 1 heterocycles. The summed E-state index contributed by atoms with van der Waals surface area (Å²) < 4.78 is 21.7. The predicted octanol–water partition coefficient (Wildman–Crippen LogP) is 2.37. The van der Waals surface area contributed by atoms with Crippen LogP contribution in [-0.4, -0.2) is 16.9 Å². The highest BCUT2D eigenvalue weighted by Gasteiger charge is 2.25. The molecule has 1 aromatic heterocycles. The number of nitrogens with zero attached hydrogens (tertiary/aromatic N) is 2. The van der Waals surface area contributed by atoms with Gasteiger partial charge in [0.15, 0.2) is 5.75 Å². The first-order valence-corrected chi connectivity index (χ1v) is 6.93. The average Bonchev–Trinajstić information content (AvgIpc) is 2.87. The van der Waals surface area contributed by atoms with Crippen molar-refractivity contribution in [3.8, 4) is 5.75 Å². The number of halogens is 2. The quantitative estimate of drug-likeness (QED) is 0.646. The molecule has 0 aliphatic rings. The van der Waals surface area contributed by atoms with Gasteiger partial charge < -0.3 is 4.74 Å². The lowest BCUT2D eigenvalue weighted by atomic mass is 10.0. The summed E-state index contributed by atoms with van der Waals surface area (Å²) in [5.41, 5.74) is 3.75. The minimum atomic E-state index is -0.551. The molecule has 0 radical (unpaired) electrons. The SMILES string of the molecule is CCn1ncc(OC)c1C(NN)c1cccc(Br)c1F. The van der Waals surface area contributed by atoms with Gasteiger partial charge in [-0.05, 0) is 28.9 Å². The van der Waals surface area contributed by atoms with E-state index in [-0.39, 0.29) is 5.82 Å². The zero-order valence-electron chi connectivity index (χ0n) is 11.2. The molecule has 108 valence electrons. The van der Waals surface area contributed by atoms with Gasteiger partial charge in [-0.2, -0.15) is 5.10 Å². The molecular weight excluding hydrogens is 327 g/mol. The van der Waals surface area contributed by atoms with E-state index in [0.717, 1.165) is 0 Å². The highest BCUT2D eigenvalue weighted by molar-refractivity contribution is 9.10. The summed E-state index contributed by atoms with van der Waals surface area (Å²) >= 11 is 3.18. The minimum absolute atomic E-state index is 0.360. The Hall–Kier alpha value is -1.44. The van der Waals surface area contributed by atoms with Crippen molar-refractivity contribution in [2.75, 3.05) is 7.11 Å². The normalized spacial score (nSPS) is 12.4. The Balaban J connectivity index is 2.58. The molecule has 0 saturated carbocycles. The van der Waals surface area contributed by atoms with Crippen LogP contribution in [0.5, 0.6) is 5.75 Å². The van der Waals surface area contributed by atoms with Crippen molar-refractivity contribution in [2.45, 2.75) is 19.5 Å². The number of methoxy groups -OCH3 is 1. The Bertz CT molecular complexity index is 581. The van der Waals surface area contributed by atoms with Gasteiger partial charge in [-0.3, -0.25) is 10.5 Å². The van der Waals surface area contributed by atoms with E-state index in [1.54, 1.807) is 36.2 Å². The molecule has 20 heavy (non-hydrogen) atoms. The first-order chi connectivity index (χ1) is 9.63. The van der Waals surface area contributed by atoms with Crippen molar-refractivity contribution >= 4 is 15.9 Å². The maximum atomic E-state index is 14.3. The number of aryl methyl sites for hydroxylation is 1. The molecular formula is C13H16BrFN4O. The van der Waals surface area contributed by atoms with Crippen molar-refractivity contribution in [3.05, 3.63) is 45.9 Å². The zero-order chi connectivity index (χ0) is 14.7. The van der Waals surface area contributed by atoms with Crippen LogP contribution in [-0.2, 0) is 6.54 Å². The van der Waals surface area contributed by atoms with Gasteiger partial charge in [-0.15, -0.1) is 0 Å². The Morgan fingerprint density at radius 2 is 2.30 bits per heavy atom. The van der Waals surface area contributed by atoms with E-state index < -0.39 is 6.04 Å². The molecule has 7 heteroatoms. The third-order valence-corrected chi connectivity index (χ3v) is 3.71. The van der Waals surface area contributed by atoms with Crippen LogP contribution < -0.4 is 16.0 Å². The fraction of sp³-hybridized carbons (Fsp3) is 0.308. The van der Waals surface area contributed by atoms with Crippen LogP contribution in [0.4, 0.5) is 4.39 Å². The van der Waals surface area contributed by atoms with Gasteiger partial charge in [0.05, 0.1) is 23.8 Å². The Morgan fingerprint density at radius 1 is 1.55 bits per heavy atom. The highest BCUT2D eigenvalue weighted by Crippen LogP contribution is 2.32. The fourth-order valence-electron chi connectivity index (χ4n) is 2.14. The van der Waals surface area contributed by atoms with E-state index in [9.17, 15) is 4.39 Å². The van der Waals surface area contributed by atoms with E-state index in [4.69, 9.17) is 10.6 Å². The molecule has 3 N–H and O–H groups in total. The number of nitrogens with two attached hydrogens (primary N) is 1. The van der Waals surface area contributed by atoms with Crippen LogP contribution >= 0.6 is 15.9 Å². The highest BCUT2D eigenvalue weighted by atomic mass is 79.9. The topological polar surface area (TPSA) is 65.1 Å². The summed E-state index contributed by atoms with van der Waals surface area (Å²) in [4.78, 5) is 0. The van der Waals surface area contributed by atoms with Crippen LogP contribution in [0, 0.1) is 5.82 Å². The maximum Gasteiger partial charge on any atom is 0.161 e. The molecule has 2 rings (SSSR count). The molecule has 0 saturated heterocycles. The van der Waals surface area contributed by atoms with E-state index in [1.165, 1.54) is 0 Å². The second kappa shape index (κ2) is 6.34. The van der Waals surface area contributed by atoms with Crippen LogP contribution in [0.15, 0.2) is 28.9 Å². The standard InChI is InChI=1S/C13H16BrFN4O/c1-3-19-13(10(20-2)7-17-19)12(18-16)8-5-4-6-9(14)11(8)15/h4-7,12,18H,3,16H2,1-2H3. The number of rotatable bonds is 5. The lowest BCUT2D eigenvalue weighted by Crippen LogP contribution is -2.31. The monoisotopic (exact) mass is 342 g/mol. The molecule has 1 atom stereocenters. The van der Waals surface area contributed by atoms with Gasteiger partial charge in [0.1, 0.15) is 11.5 Å². The van der Waals surface area contributed by atoms with Crippen LogP contribution in [0.1, 0.15) is 24.2 Å². The fourth-order valence-corrected chi connectivity index (χ4v) is 2.52. The van der Waals surface area contributed by atoms with Crippen molar-refractivity contribution in [3.63, 3.8) is 0 Å². The molecule has 0 fully saturated rings. The summed E-state index contributed by atoms with van der Waals surface area (Å²) in [6.07, 6.45) is 1.60. The molecule has 2 aromatic rings. The molecule has 0 spiro atoms. The van der Waals surface area contributed by atoms with E-state index in [2.05, 4.69) is 26.5 Å². The Morgan fingerprint density at radius 3 is 2.90 bits per heavy atom. The largest absolute Gasteiger partial charge is 0.493 e. The van der Waals surface area contributed by atoms with Crippen LogP contribution in [0.2, 0.25) is 0 Å². The Kier molecular flexibility index (Phi) is 4.74.